The van der Waals surface area contributed by atoms with Crippen LogP contribution in [-0.4, -0.2) is 11.1 Å². The third-order valence-corrected chi connectivity index (χ3v) is 9.43. The van der Waals surface area contributed by atoms with Crippen LogP contribution in [0.3, 0.4) is 0 Å². The first-order chi connectivity index (χ1) is 21.5. The Bertz CT molecular complexity index is 1570. The Hall–Kier alpha value is -3.76. The van der Waals surface area contributed by atoms with Gasteiger partial charge in [0.25, 0.3) is 0 Å². The molecule has 4 aromatic carbocycles. The van der Waals surface area contributed by atoms with Gasteiger partial charge < -0.3 is 10.0 Å². The van der Waals surface area contributed by atoms with Crippen LogP contribution in [0.15, 0.2) is 102 Å². The quantitative estimate of drug-likeness (QED) is 0.176. The maximum Gasteiger partial charge on any atom is 0.342 e. The van der Waals surface area contributed by atoms with Crippen molar-refractivity contribution < 1.29 is 9.90 Å². The Morgan fingerprint density at radius 1 is 0.630 bits per heavy atom. The lowest BCUT2D eigenvalue weighted by molar-refractivity contribution is -0.131. The van der Waals surface area contributed by atoms with E-state index in [2.05, 4.69) is 152 Å². The molecule has 0 atom stereocenters. The van der Waals surface area contributed by atoms with Gasteiger partial charge in [-0.3, -0.25) is 0 Å². The molecule has 0 fully saturated rings. The van der Waals surface area contributed by atoms with Crippen molar-refractivity contribution in [3.63, 3.8) is 0 Å². The summed E-state index contributed by atoms with van der Waals surface area (Å²) in [6.45, 7) is 21.5. The maximum absolute atomic E-state index is 12.3. The second kappa shape index (κ2) is 14.3. The average Bonchev–Trinajstić information content (AvgIpc) is 2.98. The third-order valence-electron chi connectivity index (χ3n) is 8.34. The molecule has 46 heavy (non-hydrogen) atoms. The summed E-state index contributed by atoms with van der Waals surface area (Å²) in [5.41, 5.74) is 9.71. The minimum Gasteiger partial charge on any atom is -0.477 e. The zero-order chi connectivity index (χ0) is 33.7. The van der Waals surface area contributed by atoms with Gasteiger partial charge in [-0.25, -0.2) is 4.79 Å². The Labute approximate surface area is 281 Å². The lowest BCUT2D eigenvalue weighted by Crippen LogP contribution is -2.22. The summed E-state index contributed by atoms with van der Waals surface area (Å²) >= 11 is 1.36. The highest BCUT2D eigenvalue weighted by Gasteiger charge is 2.17. The number of carboxylic acids is 1. The first-order valence-corrected chi connectivity index (χ1v) is 17.2. The molecule has 0 radical (unpaired) electrons. The summed E-state index contributed by atoms with van der Waals surface area (Å²) in [5, 5.41) is 10.1. The Morgan fingerprint density at radius 3 is 1.43 bits per heavy atom. The molecule has 4 rings (SSSR count). The van der Waals surface area contributed by atoms with Crippen LogP contribution in [0.2, 0.25) is 0 Å². The topological polar surface area (TPSA) is 40.5 Å². The van der Waals surface area contributed by atoms with Crippen molar-refractivity contribution in [1.82, 2.24) is 0 Å². The van der Waals surface area contributed by atoms with Crippen LogP contribution in [0.1, 0.15) is 101 Å². The molecule has 0 unspecified atom stereocenters. The van der Waals surface area contributed by atoms with E-state index in [9.17, 15) is 9.90 Å². The molecule has 3 nitrogen and oxygen atoms in total. The molecule has 0 amide bonds. The second-order valence-corrected chi connectivity index (χ2v) is 16.4. The average molecular weight is 634 g/mol. The van der Waals surface area contributed by atoms with E-state index in [-0.39, 0.29) is 16.2 Å². The molecular weight excluding hydrogens is 583 g/mol. The molecule has 0 aromatic heterocycles. The van der Waals surface area contributed by atoms with Gasteiger partial charge in [0.1, 0.15) is 0 Å². The number of nitrogens with zero attached hydrogens (tertiary/aromatic N) is 1. The third kappa shape index (κ3) is 9.87. The van der Waals surface area contributed by atoms with Gasteiger partial charge in [-0.1, -0.05) is 147 Å². The molecule has 1 N–H and O–H groups in total. The number of carboxylic acid groups (broad SMARTS) is 1. The van der Waals surface area contributed by atoms with Crippen LogP contribution in [0.25, 0.3) is 6.08 Å². The van der Waals surface area contributed by atoms with E-state index in [1.165, 1.54) is 39.6 Å². The van der Waals surface area contributed by atoms with E-state index < -0.39 is 5.97 Å². The van der Waals surface area contributed by atoms with E-state index in [1.807, 2.05) is 12.1 Å². The van der Waals surface area contributed by atoms with E-state index in [4.69, 9.17) is 0 Å². The van der Waals surface area contributed by atoms with Crippen molar-refractivity contribution in [2.45, 2.75) is 97.4 Å². The standard InChI is InChI=1S/C42H51NO2S/c1-40(2,3)34-19-13-30(14-20-34)27-43(28-31-15-21-35(22-16-31)41(4,5)6)37-12-10-11-33(25-37)26-38(39(44)45)46-29-32-17-23-36(24-18-32)42(7,8)9/h10-26H,27-29H2,1-9H3,(H,44,45). The fraction of sp³-hybridized carbons (Fsp3) is 0.357. The van der Waals surface area contributed by atoms with Gasteiger partial charge in [0.2, 0.25) is 0 Å². The molecule has 0 aliphatic heterocycles. The molecule has 0 heterocycles. The maximum atomic E-state index is 12.3. The number of aliphatic carboxylic acids is 1. The number of rotatable bonds is 10. The highest BCUT2D eigenvalue weighted by molar-refractivity contribution is 8.03. The van der Waals surface area contributed by atoms with E-state index >= 15 is 0 Å². The molecule has 4 heteroatoms. The SMILES string of the molecule is CC(C)(C)c1ccc(CSC(=Cc2cccc(N(Cc3ccc(C(C)(C)C)cc3)Cc3ccc(C(C)(C)C)cc3)c2)C(=O)O)cc1. The monoisotopic (exact) mass is 633 g/mol. The molecule has 0 aliphatic carbocycles. The van der Waals surface area contributed by atoms with Gasteiger partial charge in [-0.05, 0) is 73.4 Å². The fourth-order valence-electron chi connectivity index (χ4n) is 5.29. The number of carbonyl (C=O) groups is 1. The summed E-state index contributed by atoms with van der Waals surface area (Å²) in [6, 6.07) is 34.6. The fourth-order valence-corrected chi connectivity index (χ4v) is 6.15. The van der Waals surface area contributed by atoms with Crippen molar-refractivity contribution in [2.24, 2.45) is 0 Å². The summed E-state index contributed by atoms with van der Waals surface area (Å²) in [4.78, 5) is 15.0. The minimum absolute atomic E-state index is 0.0858. The minimum atomic E-state index is -0.906. The van der Waals surface area contributed by atoms with Gasteiger partial charge >= 0.3 is 5.97 Å². The molecule has 0 saturated carbocycles. The van der Waals surface area contributed by atoms with Crippen LogP contribution >= 0.6 is 11.8 Å². The lowest BCUT2D eigenvalue weighted by atomic mass is 9.86. The van der Waals surface area contributed by atoms with E-state index in [1.54, 1.807) is 6.08 Å². The Morgan fingerprint density at radius 2 is 1.04 bits per heavy atom. The number of thioether (sulfide) groups is 1. The zero-order valence-electron chi connectivity index (χ0n) is 29.1. The first-order valence-electron chi connectivity index (χ1n) is 16.2. The van der Waals surface area contributed by atoms with Crippen molar-refractivity contribution in [1.29, 1.82) is 0 Å². The molecule has 0 saturated heterocycles. The number of hydrogen-bond donors (Lipinski definition) is 1. The molecular formula is C42H51NO2S. The second-order valence-electron chi connectivity index (χ2n) is 15.4. The summed E-state index contributed by atoms with van der Waals surface area (Å²) in [7, 11) is 0. The number of anilines is 1. The highest BCUT2D eigenvalue weighted by Crippen LogP contribution is 2.30. The van der Waals surface area contributed by atoms with Crippen LogP contribution in [0, 0.1) is 0 Å². The number of hydrogen-bond acceptors (Lipinski definition) is 3. The predicted molar refractivity (Wildman–Crippen MR) is 199 cm³/mol. The molecule has 0 bridgehead atoms. The Balaban J connectivity index is 1.60. The lowest BCUT2D eigenvalue weighted by Gasteiger charge is -2.27. The predicted octanol–water partition coefficient (Wildman–Crippen LogP) is 11.1. The highest BCUT2D eigenvalue weighted by atomic mass is 32.2. The normalized spacial score (nSPS) is 12.7. The van der Waals surface area contributed by atoms with Crippen LogP contribution in [0.5, 0.6) is 0 Å². The van der Waals surface area contributed by atoms with Crippen molar-refractivity contribution in [2.75, 3.05) is 4.90 Å². The van der Waals surface area contributed by atoms with Crippen LogP contribution in [0.4, 0.5) is 5.69 Å². The molecule has 242 valence electrons. The first kappa shape index (κ1) is 35.1. The van der Waals surface area contributed by atoms with Gasteiger partial charge in [0.15, 0.2) is 0 Å². The largest absolute Gasteiger partial charge is 0.477 e. The smallest absolute Gasteiger partial charge is 0.342 e. The van der Waals surface area contributed by atoms with Gasteiger partial charge in [-0.2, -0.15) is 0 Å². The molecule has 0 spiro atoms. The summed E-state index contributed by atoms with van der Waals surface area (Å²) in [6.07, 6.45) is 1.80. The zero-order valence-corrected chi connectivity index (χ0v) is 30.0. The number of benzene rings is 4. The van der Waals surface area contributed by atoms with Gasteiger partial charge in [0, 0.05) is 24.5 Å². The van der Waals surface area contributed by atoms with Gasteiger partial charge in [-0.15, -0.1) is 11.8 Å². The Kier molecular flexibility index (Phi) is 10.9. The van der Waals surface area contributed by atoms with Crippen LogP contribution in [-0.2, 0) is 39.9 Å². The summed E-state index contributed by atoms with van der Waals surface area (Å²) < 4.78 is 0. The van der Waals surface area contributed by atoms with Crippen molar-refractivity contribution >= 4 is 29.5 Å². The van der Waals surface area contributed by atoms with E-state index in [0.29, 0.717) is 10.7 Å². The van der Waals surface area contributed by atoms with Crippen molar-refractivity contribution in [3.05, 3.63) is 141 Å². The van der Waals surface area contributed by atoms with Gasteiger partial charge in [0.05, 0.1) is 4.91 Å². The van der Waals surface area contributed by atoms with Crippen LogP contribution < -0.4 is 4.90 Å². The summed E-state index contributed by atoms with van der Waals surface area (Å²) in [5.74, 6) is -0.305. The van der Waals surface area contributed by atoms with Crippen molar-refractivity contribution in [3.8, 4) is 0 Å². The van der Waals surface area contributed by atoms with E-state index in [0.717, 1.165) is 29.9 Å². The molecule has 0 aliphatic rings. The molecule has 4 aromatic rings.